The summed E-state index contributed by atoms with van der Waals surface area (Å²) in [6, 6.07) is -0.937. The van der Waals surface area contributed by atoms with Crippen LogP contribution in [0.15, 0.2) is 30.3 Å². The van der Waals surface area contributed by atoms with Crippen molar-refractivity contribution in [1.29, 1.82) is 0 Å². The molecule has 0 unspecified atom stereocenters. The van der Waals surface area contributed by atoms with Crippen molar-refractivity contribution in [3.8, 4) is 0 Å². The first kappa shape index (κ1) is 55.8. The number of carbonyl (C=O) groups excluding carboxylic acids is 7. The maximum atomic E-state index is 14.1. The van der Waals surface area contributed by atoms with E-state index >= 15 is 0 Å². The number of hydrogen-bond donors (Lipinski definition) is 14. The Morgan fingerprint density at radius 3 is 1.11 bits per heavy atom. The molecule has 1 aromatic rings. The number of carbonyl (C=O) groups is 8. The molecule has 22 nitrogen and oxygen atoms in total. The van der Waals surface area contributed by atoms with Crippen molar-refractivity contribution >= 4 is 47.3 Å². The first-order valence-electron chi connectivity index (χ1n) is 21.5. The largest absolute Gasteiger partial charge is 0.480 e. The van der Waals surface area contributed by atoms with E-state index in [1.54, 1.807) is 44.2 Å². The van der Waals surface area contributed by atoms with Gasteiger partial charge in [0.05, 0.1) is 6.04 Å². The fourth-order valence-corrected chi connectivity index (χ4v) is 6.42. The molecule has 356 valence electrons. The third-order valence-electron chi connectivity index (χ3n) is 9.75. The highest BCUT2D eigenvalue weighted by Gasteiger charge is 2.34. The van der Waals surface area contributed by atoms with Gasteiger partial charge in [-0.2, -0.15) is 0 Å². The van der Waals surface area contributed by atoms with Crippen molar-refractivity contribution < 1.29 is 43.5 Å². The van der Waals surface area contributed by atoms with Crippen molar-refractivity contribution in [2.45, 2.75) is 127 Å². The van der Waals surface area contributed by atoms with Gasteiger partial charge in [0.1, 0.15) is 42.3 Å². The van der Waals surface area contributed by atoms with Gasteiger partial charge < -0.3 is 76.7 Å². The number of benzene rings is 1. The minimum Gasteiger partial charge on any atom is -0.480 e. The summed E-state index contributed by atoms with van der Waals surface area (Å²) in [6.07, 6.45) is 0.225. The molecule has 0 spiro atoms. The second-order valence-corrected chi connectivity index (χ2v) is 16.2. The van der Waals surface area contributed by atoms with Crippen LogP contribution in [0.2, 0.25) is 0 Å². The van der Waals surface area contributed by atoms with Gasteiger partial charge in [0.2, 0.25) is 41.4 Å². The maximum absolute atomic E-state index is 14.1. The Kier molecular flexibility index (Phi) is 26.5. The van der Waals surface area contributed by atoms with E-state index in [1.807, 2.05) is 13.8 Å². The van der Waals surface area contributed by atoms with Gasteiger partial charge in [-0.3, -0.25) is 33.6 Å². The monoisotopic (exact) mass is 892 g/mol. The van der Waals surface area contributed by atoms with Gasteiger partial charge in [-0.1, -0.05) is 58.0 Å². The number of carboxylic acids is 1. The maximum Gasteiger partial charge on any atom is 0.326 e. The van der Waals surface area contributed by atoms with Crippen LogP contribution in [0.4, 0.5) is 0 Å². The summed E-state index contributed by atoms with van der Waals surface area (Å²) in [4.78, 5) is 107. The molecule has 0 bridgehead atoms. The van der Waals surface area contributed by atoms with Crippen molar-refractivity contribution in [2.24, 2.45) is 46.2 Å². The smallest absolute Gasteiger partial charge is 0.326 e. The van der Waals surface area contributed by atoms with E-state index in [4.69, 9.17) is 34.4 Å². The normalized spacial score (nSPS) is 15.0. The molecule has 22 heteroatoms. The quantitative estimate of drug-likeness (QED) is 0.0337. The third-order valence-corrected chi connectivity index (χ3v) is 9.75. The van der Waals surface area contributed by atoms with Gasteiger partial charge in [0.15, 0.2) is 0 Å². The highest BCUT2D eigenvalue weighted by Crippen LogP contribution is 2.11. The summed E-state index contributed by atoms with van der Waals surface area (Å²) in [5.74, 6) is -6.68. The van der Waals surface area contributed by atoms with Crippen molar-refractivity contribution in [3.05, 3.63) is 35.9 Å². The van der Waals surface area contributed by atoms with Crippen LogP contribution in [0.25, 0.3) is 0 Å². The molecule has 0 aliphatic heterocycles. The lowest BCUT2D eigenvalue weighted by atomic mass is 10.00. The number of carboxylic acid groups (broad SMARTS) is 1. The molecule has 0 fully saturated rings. The predicted molar refractivity (Wildman–Crippen MR) is 237 cm³/mol. The number of nitrogens with two attached hydrogens (primary N) is 6. The molecule has 7 amide bonds. The van der Waals surface area contributed by atoms with Crippen LogP contribution in [0, 0.1) is 11.8 Å². The molecular formula is C41H73N13O9. The van der Waals surface area contributed by atoms with Crippen LogP contribution >= 0.6 is 0 Å². The Morgan fingerprint density at radius 1 is 0.444 bits per heavy atom. The minimum absolute atomic E-state index is 0.0176. The van der Waals surface area contributed by atoms with E-state index < -0.39 is 95.7 Å². The second kappa shape index (κ2) is 29.9. The van der Waals surface area contributed by atoms with Gasteiger partial charge in [-0.25, -0.2) is 4.79 Å². The summed E-state index contributed by atoms with van der Waals surface area (Å²) in [7, 11) is 0. The molecule has 0 aliphatic rings. The Morgan fingerprint density at radius 2 is 0.746 bits per heavy atom. The summed E-state index contributed by atoms with van der Waals surface area (Å²) >= 11 is 0. The van der Waals surface area contributed by atoms with Gasteiger partial charge in [0, 0.05) is 6.42 Å². The fraction of sp³-hybridized carbons (Fsp3) is 0.659. The molecule has 0 saturated heterocycles. The van der Waals surface area contributed by atoms with Gasteiger partial charge in [-0.15, -0.1) is 0 Å². The van der Waals surface area contributed by atoms with E-state index in [2.05, 4.69) is 37.2 Å². The summed E-state index contributed by atoms with van der Waals surface area (Å²) < 4.78 is 0. The Labute approximate surface area is 369 Å². The van der Waals surface area contributed by atoms with Gasteiger partial charge in [0.25, 0.3) is 0 Å². The van der Waals surface area contributed by atoms with E-state index in [0.29, 0.717) is 5.56 Å². The number of nitrogens with one attached hydrogen (secondary N) is 7. The van der Waals surface area contributed by atoms with E-state index in [9.17, 15) is 43.5 Å². The average Bonchev–Trinajstić information content (AvgIpc) is 3.22. The van der Waals surface area contributed by atoms with Crippen molar-refractivity contribution in [1.82, 2.24) is 37.2 Å². The molecule has 0 radical (unpaired) electrons. The molecule has 0 saturated carbocycles. The third kappa shape index (κ3) is 21.1. The molecule has 0 aromatic heterocycles. The molecule has 8 atom stereocenters. The summed E-state index contributed by atoms with van der Waals surface area (Å²) in [5, 5.41) is 27.8. The van der Waals surface area contributed by atoms with Crippen LogP contribution in [0.3, 0.4) is 0 Å². The summed E-state index contributed by atoms with van der Waals surface area (Å²) in [5.41, 5.74) is 35.1. The lowest BCUT2D eigenvalue weighted by Crippen LogP contribution is -2.61. The van der Waals surface area contributed by atoms with Crippen LogP contribution < -0.4 is 71.6 Å². The number of hydrogen-bond acceptors (Lipinski definition) is 14. The molecule has 0 heterocycles. The average molecular weight is 892 g/mol. The number of aliphatic carboxylic acids is 1. The van der Waals surface area contributed by atoms with Crippen LogP contribution in [-0.2, 0) is 44.8 Å². The fourth-order valence-electron chi connectivity index (χ4n) is 6.42. The van der Waals surface area contributed by atoms with Crippen LogP contribution in [0.1, 0.15) is 78.2 Å². The Hall–Kier alpha value is -5.26. The van der Waals surface area contributed by atoms with Gasteiger partial charge in [-0.05, 0) is 95.1 Å². The zero-order valence-electron chi connectivity index (χ0n) is 37.0. The lowest BCUT2D eigenvalue weighted by Gasteiger charge is -2.28. The lowest BCUT2D eigenvalue weighted by molar-refractivity contribution is -0.142. The van der Waals surface area contributed by atoms with E-state index in [1.165, 1.54) is 0 Å². The highest BCUT2D eigenvalue weighted by molar-refractivity contribution is 5.97. The summed E-state index contributed by atoms with van der Waals surface area (Å²) in [6.45, 7) is 7.24. The first-order chi connectivity index (χ1) is 29.8. The Bertz CT molecular complexity index is 1620. The zero-order valence-corrected chi connectivity index (χ0v) is 37.0. The van der Waals surface area contributed by atoms with Crippen LogP contribution in [0.5, 0.6) is 0 Å². The standard InChI is InChI=1S/C41H73N13O9/c1-23(2)20-31(52-37(58)29(13-18-45)49-35(56)27(11-16-43)48-34(55)26(47)10-15-42)39(60)53-32(22-25-8-6-5-7-9-25)40(61)51-28(12-17-44)36(57)50-30(14-19-46)38(59)54-33(41(62)63)21-24(3)4/h5-9,23-24,26-33H,10-22,42-47H2,1-4H3,(H,48,55)(H,49,56)(H,50,57)(H,51,61)(H,52,58)(H,53,60)(H,54,59)(H,62,63)/t26-,27+,28+,29+,30+,31+,32-,33+/m1/s1. The molecular weight excluding hydrogens is 819 g/mol. The molecule has 1 aromatic carbocycles. The zero-order chi connectivity index (χ0) is 47.6. The van der Waals surface area contributed by atoms with Gasteiger partial charge >= 0.3 is 5.97 Å². The highest BCUT2D eigenvalue weighted by atomic mass is 16.4. The molecule has 20 N–H and O–H groups in total. The number of amides is 7. The van der Waals surface area contributed by atoms with E-state index in [0.717, 1.165) is 0 Å². The molecule has 63 heavy (non-hydrogen) atoms. The topological polar surface area (TPSA) is 397 Å². The second-order valence-electron chi connectivity index (χ2n) is 16.2. The SMILES string of the molecule is CC(C)C[C@H](NC(=O)[C@H](CCN)NC(=O)[C@H](CCN)NC(=O)[C@@H](Cc1ccccc1)NC(=O)[C@H](CC(C)C)NC(=O)[C@H](CCN)NC(=O)[C@H](CCN)NC(=O)[C@H](N)CCN)C(=O)O. The predicted octanol–water partition coefficient (Wildman–Crippen LogP) is -4.13. The minimum atomic E-state index is -1.30. The van der Waals surface area contributed by atoms with E-state index in [-0.39, 0.29) is 95.9 Å². The molecule has 1 rings (SSSR count). The first-order valence-corrected chi connectivity index (χ1v) is 21.5. The molecule has 0 aliphatic carbocycles. The Balaban J connectivity index is 3.38. The van der Waals surface area contributed by atoms with Crippen LogP contribution in [-0.4, -0.2) is 133 Å². The van der Waals surface area contributed by atoms with Crippen molar-refractivity contribution in [2.75, 3.05) is 32.7 Å². The number of rotatable bonds is 31. The van der Waals surface area contributed by atoms with Crippen molar-refractivity contribution in [3.63, 3.8) is 0 Å².